The molecule has 0 saturated carbocycles. The zero-order chi connectivity index (χ0) is 19.1. The Labute approximate surface area is 169 Å². The Morgan fingerprint density at radius 3 is 2.43 bits per heavy atom. The fourth-order valence-corrected chi connectivity index (χ4v) is 4.26. The molecule has 1 heterocycles. The van der Waals surface area contributed by atoms with Gasteiger partial charge in [-0.3, -0.25) is 4.57 Å². The van der Waals surface area contributed by atoms with Gasteiger partial charge in [-0.1, -0.05) is 85.3 Å². The molecule has 136 valence electrons. The Hall–Kier alpha value is -3.10. The SMILES string of the molecule is CCc1nc2ccccc2n1-c1ccccc1-c1ccc2ccccc2c1Cl. The van der Waals surface area contributed by atoms with E-state index in [4.69, 9.17) is 16.6 Å². The minimum Gasteiger partial charge on any atom is -0.296 e. The molecule has 0 amide bonds. The number of hydrogen-bond acceptors (Lipinski definition) is 1. The van der Waals surface area contributed by atoms with Gasteiger partial charge in [0.15, 0.2) is 0 Å². The highest BCUT2D eigenvalue weighted by molar-refractivity contribution is 6.38. The van der Waals surface area contributed by atoms with Crippen molar-refractivity contribution < 1.29 is 0 Å². The van der Waals surface area contributed by atoms with Crippen molar-refractivity contribution in [1.29, 1.82) is 0 Å². The average Bonchev–Trinajstić information content (AvgIpc) is 3.13. The summed E-state index contributed by atoms with van der Waals surface area (Å²) in [6.45, 7) is 2.14. The molecule has 0 aliphatic carbocycles. The number of para-hydroxylation sites is 3. The van der Waals surface area contributed by atoms with Gasteiger partial charge in [-0.15, -0.1) is 0 Å². The molecule has 3 heteroatoms. The van der Waals surface area contributed by atoms with Crippen molar-refractivity contribution in [2.75, 3.05) is 0 Å². The van der Waals surface area contributed by atoms with Crippen LogP contribution in [0.25, 0.3) is 38.6 Å². The molecule has 5 rings (SSSR count). The van der Waals surface area contributed by atoms with Crippen molar-refractivity contribution in [2.45, 2.75) is 13.3 Å². The van der Waals surface area contributed by atoms with E-state index in [0.717, 1.165) is 55.9 Å². The number of benzene rings is 4. The van der Waals surface area contributed by atoms with Gasteiger partial charge >= 0.3 is 0 Å². The molecule has 0 atom stereocenters. The Bertz CT molecular complexity index is 1320. The quantitative estimate of drug-likeness (QED) is 0.326. The number of fused-ring (bicyclic) bond motifs is 2. The molecule has 0 saturated heterocycles. The van der Waals surface area contributed by atoms with Crippen LogP contribution in [0, 0.1) is 0 Å². The van der Waals surface area contributed by atoms with Crippen LogP contribution in [0.4, 0.5) is 0 Å². The molecule has 1 aromatic heterocycles. The van der Waals surface area contributed by atoms with Crippen LogP contribution in [-0.4, -0.2) is 9.55 Å². The van der Waals surface area contributed by atoms with E-state index < -0.39 is 0 Å². The van der Waals surface area contributed by atoms with Gasteiger partial charge in [0.1, 0.15) is 5.82 Å². The summed E-state index contributed by atoms with van der Waals surface area (Å²) in [5, 5.41) is 3.01. The maximum Gasteiger partial charge on any atom is 0.114 e. The Morgan fingerprint density at radius 1 is 0.786 bits per heavy atom. The maximum absolute atomic E-state index is 6.88. The van der Waals surface area contributed by atoms with E-state index in [1.54, 1.807) is 0 Å². The number of nitrogens with zero attached hydrogens (tertiary/aromatic N) is 2. The lowest BCUT2D eigenvalue weighted by Gasteiger charge is -2.16. The molecule has 2 nitrogen and oxygen atoms in total. The molecule has 4 aromatic carbocycles. The van der Waals surface area contributed by atoms with E-state index in [1.165, 1.54) is 0 Å². The van der Waals surface area contributed by atoms with Gasteiger partial charge in [-0.25, -0.2) is 4.98 Å². The summed E-state index contributed by atoms with van der Waals surface area (Å²) < 4.78 is 2.26. The van der Waals surface area contributed by atoms with E-state index in [1.807, 2.05) is 18.2 Å². The highest BCUT2D eigenvalue weighted by Gasteiger charge is 2.16. The van der Waals surface area contributed by atoms with E-state index in [-0.39, 0.29) is 0 Å². The molecule has 0 fully saturated rings. The zero-order valence-electron chi connectivity index (χ0n) is 15.6. The number of rotatable bonds is 3. The van der Waals surface area contributed by atoms with Crippen molar-refractivity contribution in [3.05, 3.63) is 95.8 Å². The van der Waals surface area contributed by atoms with Crippen molar-refractivity contribution in [3.8, 4) is 16.8 Å². The number of halogens is 1. The summed E-state index contributed by atoms with van der Waals surface area (Å²) in [5.41, 5.74) is 5.37. The number of imidazole rings is 1. The van der Waals surface area contributed by atoms with Gasteiger partial charge in [0.25, 0.3) is 0 Å². The molecule has 5 aromatic rings. The van der Waals surface area contributed by atoms with Gasteiger partial charge in [-0.05, 0) is 23.6 Å². The molecular weight excluding hydrogens is 364 g/mol. The molecule has 0 aliphatic heterocycles. The first-order valence-corrected chi connectivity index (χ1v) is 9.89. The second-order valence-electron chi connectivity index (χ2n) is 6.87. The first-order valence-electron chi connectivity index (χ1n) is 9.51. The van der Waals surface area contributed by atoms with Crippen molar-refractivity contribution >= 4 is 33.4 Å². The minimum absolute atomic E-state index is 0.785. The van der Waals surface area contributed by atoms with Crippen LogP contribution >= 0.6 is 11.6 Å². The topological polar surface area (TPSA) is 17.8 Å². The van der Waals surface area contributed by atoms with Crippen molar-refractivity contribution in [2.24, 2.45) is 0 Å². The molecular formula is C25H19ClN2. The standard InChI is InChI=1S/C25H19ClN2/c1-2-24-27-21-12-6-8-14-23(21)28(24)22-13-7-5-11-19(22)20-16-15-17-9-3-4-10-18(17)25(20)26/h3-16H,2H2,1H3. The lowest BCUT2D eigenvalue weighted by atomic mass is 9.99. The third-order valence-electron chi connectivity index (χ3n) is 5.24. The average molecular weight is 383 g/mol. The second kappa shape index (κ2) is 6.81. The predicted octanol–water partition coefficient (Wildman–Crippen LogP) is 7.06. The predicted molar refractivity (Wildman–Crippen MR) is 118 cm³/mol. The number of aryl methyl sites for hydroxylation is 1. The lowest BCUT2D eigenvalue weighted by Crippen LogP contribution is -2.02. The van der Waals surface area contributed by atoms with Crippen molar-refractivity contribution in [1.82, 2.24) is 9.55 Å². The van der Waals surface area contributed by atoms with Crippen LogP contribution in [0.1, 0.15) is 12.7 Å². The smallest absolute Gasteiger partial charge is 0.114 e. The van der Waals surface area contributed by atoms with E-state index in [0.29, 0.717) is 0 Å². The monoisotopic (exact) mass is 382 g/mol. The van der Waals surface area contributed by atoms with Crippen LogP contribution < -0.4 is 0 Å². The van der Waals surface area contributed by atoms with Crippen LogP contribution in [0.5, 0.6) is 0 Å². The van der Waals surface area contributed by atoms with Gasteiger partial charge < -0.3 is 0 Å². The fourth-order valence-electron chi connectivity index (χ4n) is 3.92. The minimum atomic E-state index is 0.785. The van der Waals surface area contributed by atoms with Gasteiger partial charge in [0, 0.05) is 22.9 Å². The maximum atomic E-state index is 6.88. The fraction of sp³-hybridized carbons (Fsp3) is 0.0800. The summed E-state index contributed by atoms with van der Waals surface area (Å²) in [4.78, 5) is 4.84. The summed E-state index contributed by atoms with van der Waals surface area (Å²) in [5.74, 6) is 1.05. The van der Waals surface area contributed by atoms with Crippen LogP contribution in [-0.2, 0) is 6.42 Å². The summed E-state index contributed by atoms with van der Waals surface area (Å²) >= 11 is 6.88. The summed E-state index contributed by atoms with van der Waals surface area (Å²) in [6.07, 6.45) is 0.856. The Balaban J connectivity index is 1.82. The summed E-state index contributed by atoms with van der Waals surface area (Å²) in [7, 11) is 0. The van der Waals surface area contributed by atoms with Crippen LogP contribution in [0.15, 0.2) is 84.9 Å². The van der Waals surface area contributed by atoms with E-state index in [2.05, 4.69) is 78.2 Å². The largest absolute Gasteiger partial charge is 0.296 e. The molecule has 0 radical (unpaired) electrons. The van der Waals surface area contributed by atoms with E-state index >= 15 is 0 Å². The van der Waals surface area contributed by atoms with E-state index in [9.17, 15) is 0 Å². The number of hydrogen-bond donors (Lipinski definition) is 0. The first-order chi connectivity index (χ1) is 13.8. The van der Waals surface area contributed by atoms with Crippen LogP contribution in [0.2, 0.25) is 5.02 Å². The lowest BCUT2D eigenvalue weighted by molar-refractivity contribution is 0.909. The molecule has 0 unspecified atom stereocenters. The molecule has 0 N–H and O–H groups in total. The summed E-state index contributed by atoms with van der Waals surface area (Å²) in [6, 6.07) is 29.2. The van der Waals surface area contributed by atoms with Crippen LogP contribution in [0.3, 0.4) is 0 Å². The third-order valence-corrected chi connectivity index (χ3v) is 5.65. The zero-order valence-corrected chi connectivity index (χ0v) is 16.3. The molecule has 0 aliphatic rings. The first kappa shape index (κ1) is 17.0. The molecule has 0 bridgehead atoms. The van der Waals surface area contributed by atoms with Gasteiger partial charge in [-0.2, -0.15) is 0 Å². The molecule has 28 heavy (non-hydrogen) atoms. The highest BCUT2D eigenvalue weighted by atomic mass is 35.5. The number of aromatic nitrogens is 2. The second-order valence-corrected chi connectivity index (χ2v) is 7.25. The third kappa shape index (κ3) is 2.61. The van der Waals surface area contributed by atoms with Crippen molar-refractivity contribution in [3.63, 3.8) is 0 Å². The Morgan fingerprint density at radius 2 is 1.54 bits per heavy atom. The van der Waals surface area contributed by atoms with Gasteiger partial charge in [0.05, 0.1) is 21.7 Å². The Kier molecular flexibility index (Phi) is 4.14. The van der Waals surface area contributed by atoms with Gasteiger partial charge in [0.2, 0.25) is 0 Å². The normalized spacial score (nSPS) is 11.4. The molecule has 0 spiro atoms. The highest BCUT2D eigenvalue weighted by Crippen LogP contribution is 2.38.